The molecule has 3 N–H and O–H groups in total. The van der Waals surface area contributed by atoms with Gasteiger partial charge in [0.2, 0.25) is 0 Å². The monoisotopic (exact) mass is 240 g/mol. The van der Waals surface area contributed by atoms with Crippen LogP contribution in [0, 0.1) is 23.7 Å². The Morgan fingerprint density at radius 1 is 0.647 bits per heavy atom. The molecule has 6 unspecified atom stereocenters. The van der Waals surface area contributed by atoms with E-state index in [1.807, 2.05) is 0 Å². The smallest absolute Gasteiger partial charge is 0.0651 e. The lowest BCUT2D eigenvalue weighted by Crippen LogP contribution is -2.55. The van der Waals surface area contributed by atoms with Gasteiger partial charge in [-0.05, 0) is 43.9 Å². The van der Waals surface area contributed by atoms with Gasteiger partial charge in [-0.1, -0.05) is 12.8 Å². The summed E-state index contributed by atoms with van der Waals surface area (Å²) >= 11 is 0. The van der Waals surface area contributed by atoms with Gasteiger partial charge in [0.25, 0.3) is 0 Å². The first kappa shape index (κ1) is 11.9. The van der Waals surface area contributed by atoms with Crippen molar-refractivity contribution >= 4 is 0 Å². The van der Waals surface area contributed by atoms with Crippen molar-refractivity contribution in [3.63, 3.8) is 0 Å². The van der Waals surface area contributed by atoms with E-state index in [1.165, 1.54) is 0 Å². The van der Waals surface area contributed by atoms with Gasteiger partial charge in [0.15, 0.2) is 0 Å². The summed E-state index contributed by atoms with van der Waals surface area (Å²) in [6, 6.07) is 0. The minimum absolute atomic E-state index is 0.0257. The van der Waals surface area contributed by atoms with E-state index in [2.05, 4.69) is 0 Å². The van der Waals surface area contributed by atoms with Crippen LogP contribution >= 0.6 is 0 Å². The molecule has 3 nitrogen and oxygen atoms in total. The summed E-state index contributed by atoms with van der Waals surface area (Å²) in [6.07, 6.45) is 6.07. The Bertz CT molecular complexity index is 255. The van der Waals surface area contributed by atoms with Crippen LogP contribution in [0.15, 0.2) is 0 Å². The maximum absolute atomic E-state index is 10.5. The Morgan fingerprint density at radius 2 is 1.12 bits per heavy atom. The highest BCUT2D eigenvalue weighted by molar-refractivity contribution is 5.00. The van der Waals surface area contributed by atoms with Crippen LogP contribution in [-0.2, 0) is 0 Å². The van der Waals surface area contributed by atoms with Crippen molar-refractivity contribution in [3.8, 4) is 0 Å². The van der Waals surface area contributed by atoms with Crippen molar-refractivity contribution in [1.82, 2.24) is 0 Å². The maximum Gasteiger partial charge on any atom is 0.0651 e. The lowest BCUT2D eigenvalue weighted by molar-refractivity contribution is -0.152. The van der Waals surface area contributed by atoms with Crippen LogP contribution in [0.4, 0.5) is 0 Å². The second-order valence-corrected chi connectivity index (χ2v) is 6.40. The number of hydrogen-bond donors (Lipinski definition) is 3. The van der Waals surface area contributed by atoms with Gasteiger partial charge >= 0.3 is 0 Å². The molecule has 0 aromatic carbocycles. The average Bonchev–Trinajstić information content (AvgIpc) is 2.28. The predicted octanol–water partition coefficient (Wildman–Crippen LogP) is 1.31. The Morgan fingerprint density at radius 3 is 1.59 bits per heavy atom. The van der Waals surface area contributed by atoms with Crippen LogP contribution in [-0.4, -0.2) is 33.6 Å². The van der Waals surface area contributed by atoms with Gasteiger partial charge in [-0.3, -0.25) is 0 Å². The van der Waals surface area contributed by atoms with Crippen LogP contribution in [0.2, 0.25) is 0 Å². The van der Waals surface area contributed by atoms with Crippen LogP contribution in [0.1, 0.15) is 44.9 Å². The molecule has 0 spiro atoms. The zero-order valence-electron chi connectivity index (χ0n) is 10.3. The Labute approximate surface area is 103 Å². The van der Waals surface area contributed by atoms with Gasteiger partial charge in [-0.25, -0.2) is 0 Å². The zero-order chi connectivity index (χ0) is 12.0. The van der Waals surface area contributed by atoms with E-state index < -0.39 is 6.10 Å². The molecule has 0 radical (unpaired) electrons. The van der Waals surface area contributed by atoms with E-state index in [-0.39, 0.29) is 24.0 Å². The van der Waals surface area contributed by atoms with Crippen molar-refractivity contribution in [3.05, 3.63) is 0 Å². The lowest BCUT2D eigenvalue weighted by Gasteiger charge is -2.52. The number of fused-ring (bicyclic) bond motifs is 2. The molecule has 0 aliphatic heterocycles. The molecule has 0 bridgehead atoms. The molecule has 0 amide bonds. The van der Waals surface area contributed by atoms with Gasteiger partial charge in [0.1, 0.15) is 0 Å². The molecule has 6 atom stereocenters. The number of aliphatic hydroxyl groups excluding tert-OH is 3. The van der Waals surface area contributed by atoms with Crippen molar-refractivity contribution < 1.29 is 15.3 Å². The van der Waals surface area contributed by atoms with Gasteiger partial charge in [-0.2, -0.15) is 0 Å². The lowest BCUT2D eigenvalue weighted by atomic mass is 9.57. The largest absolute Gasteiger partial charge is 0.393 e. The zero-order valence-corrected chi connectivity index (χ0v) is 10.3. The molecule has 17 heavy (non-hydrogen) atoms. The van der Waals surface area contributed by atoms with E-state index in [1.54, 1.807) is 0 Å². The Balaban J connectivity index is 1.83. The third-order valence-electron chi connectivity index (χ3n) is 5.52. The summed E-state index contributed by atoms with van der Waals surface area (Å²) in [5.41, 5.74) is 0. The normalized spacial score (nSPS) is 54.9. The van der Waals surface area contributed by atoms with Crippen LogP contribution < -0.4 is 0 Å². The molecule has 0 aromatic heterocycles. The fourth-order valence-corrected chi connectivity index (χ4v) is 4.78. The summed E-state index contributed by atoms with van der Waals surface area (Å²) in [4.78, 5) is 0. The van der Waals surface area contributed by atoms with Gasteiger partial charge in [0.05, 0.1) is 18.3 Å². The number of rotatable bonds is 0. The molecular weight excluding hydrogens is 216 g/mol. The van der Waals surface area contributed by atoms with E-state index in [0.29, 0.717) is 11.8 Å². The second kappa shape index (κ2) is 4.52. The molecule has 3 heteroatoms. The molecule has 0 saturated heterocycles. The molecule has 98 valence electrons. The van der Waals surface area contributed by atoms with Crippen molar-refractivity contribution in [1.29, 1.82) is 0 Å². The summed E-state index contributed by atoms with van der Waals surface area (Å²) in [6.45, 7) is 0. The molecular formula is C14H24O3. The van der Waals surface area contributed by atoms with Crippen molar-refractivity contribution in [2.75, 3.05) is 0 Å². The molecule has 3 rings (SSSR count). The molecule has 3 fully saturated rings. The predicted molar refractivity (Wildman–Crippen MR) is 64.3 cm³/mol. The first-order valence-corrected chi connectivity index (χ1v) is 7.22. The Hall–Kier alpha value is -0.120. The number of aliphatic hydroxyl groups is 3. The Kier molecular flexibility index (Phi) is 3.18. The maximum atomic E-state index is 10.5. The van der Waals surface area contributed by atoms with E-state index in [0.717, 1.165) is 44.9 Å². The highest BCUT2D eigenvalue weighted by Crippen LogP contribution is 2.50. The molecule has 0 aromatic rings. The van der Waals surface area contributed by atoms with Gasteiger partial charge in [-0.15, -0.1) is 0 Å². The minimum atomic E-state index is -0.482. The fourth-order valence-electron chi connectivity index (χ4n) is 4.78. The van der Waals surface area contributed by atoms with Gasteiger partial charge in [0, 0.05) is 11.8 Å². The summed E-state index contributed by atoms with van der Waals surface area (Å²) in [5.74, 6) is 1.02. The second-order valence-electron chi connectivity index (χ2n) is 6.40. The fraction of sp³-hybridized carbons (Fsp3) is 1.00. The molecule has 0 heterocycles. The van der Waals surface area contributed by atoms with E-state index >= 15 is 0 Å². The summed E-state index contributed by atoms with van der Waals surface area (Å²) in [7, 11) is 0. The first-order valence-electron chi connectivity index (χ1n) is 7.22. The van der Waals surface area contributed by atoms with Crippen molar-refractivity contribution in [2.45, 2.75) is 63.3 Å². The summed E-state index contributed by atoms with van der Waals surface area (Å²) < 4.78 is 0. The summed E-state index contributed by atoms with van der Waals surface area (Å²) in [5, 5.41) is 30.7. The average molecular weight is 240 g/mol. The first-order chi connectivity index (χ1) is 8.18. The third kappa shape index (κ3) is 1.92. The quantitative estimate of drug-likeness (QED) is 0.598. The van der Waals surface area contributed by atoms with Gasteiger partial charge < -0.3 is 15.3 Å². The molecule has 3 aliphatic rings. The molecule has 3 aliphatic carbocycles. The highest BCUT2D eigenvalue weighted by Gasteiger charge is 2.50. The topological polar surface area (TPSA) is 60.7 Å². The SMILES string of the molecule is OC1CCCC2CC3CCCC(O)C3C(O)C12. The minimum Gasteiger partial charge on any atom is -0.393 e. The number of hydrogen-bond acceptors (Lipinski definition) is 3. The van der Waals surface area contributed by atoms with E-state index in [4.69, 9.17) is 0 Å². The van der Waals surface area contributed by atoms with Crippen LogP contribution in [0.25, 0.3) is 0 Å². The highest BCUT2D eigenvalue weighted by atomic mass is 16.3. The third-order valence-corrected chi connectivity index (χ3v) is 5.52. The molecule has 3 saturated carbocycles. The van der Waals surface area contributed by atoms with Crippen LogP contribution in [0.5, 0.6) is 0 Å². The van der Waals surface area contributed by atoms with Crippen molar-refractivity contribution in [2.24, 2.45) is 23.7 Å². The standard InChI is InChI=1S/C14H24O3/c15-10-5-1-3-8-7-9-4-2-6-11(16)13(9)14(17)12(8)10/h8-17H,1-7H2. The van der Waals surface area contributed by atoms with Crippen LogP contribution in [0.3, 0.4) is 0 Å². The van der Waals surface area contributed by atoms with E-state index in [9.17, 15) is 15.3 Å².